The van der Waals surface area contributed by atoms with Gasteiger partial charge in [0.1, 0.15) is 5.82 Å². The molecule has 4 heteroatoms. The maximum Gasteiger partial charge on any atom is 0.157 e. The number of nitrogens with zero attached hydrogens (tertiary/aromatic N) is 1. The van der Waals surface area contributed by atoms with E-state index < -0.39 is 5.54 Å². The molecule has 0 saturated carbocycles. The molecule has 2 nitrogen and oxygen atoms in total. The lowest BCUT2D eigenvalue weighted by Crippen LogP contribution is -2.48. The maximum absolute atomic E-state index is 13.1. The number of carbonyl (C=O) groups excluding carboxylic acids is 1. The Morgan fingerprint density at radius 2 is 2.06 bits per heavy atom. The Hall–Kier alpha value is -0.740. The van der Waals surface area contributed by atoms with E-state index in [-0.39, 0.29) is 11.6 Å². The highest BCUT2D eigenvalue weighted by Gasteiger charge is 2.32. The third kappa shape index (κ3) is 3.18. The Labute approximate surface area is 116 Å². The molecule has 0 aromatic heterocycles. The van der Waals surface area contributed by atoms with Gasteiger partial charge in [0.2, 0.25) is 0 Å². The predicted molar refractivity (Wildman–Crippen MR) is 75.2 cm³/mol. The molecular formula is C14H19BrFNO. The average Bonchev–Trinajstić information content (AvgIpc) is 2.32. The van der Waals surface area contributed by atoms with Crippen LogP contribution >= 0.6 is 15.9 Å². The number of benzene rings is 1. The molecule has 0 heterocycles. The van der Waals surface area contributed by atoms with Crippen molar-refractivity contribution in [3.8, 4) is 0 Å². The van der Waals surface area contributed by atoms with E-state index in [1.807, 2.05) is 32.8 Å². The van der Waals surface area contributed by atoms with Gasteiger partial charge in [-0.15, -0.1) is 0 Å². The molecule has 100 valence electrons. The summed E-state index contributed by atoms with van der Waals surface area (Å²) in [6.07, 6.45) is 1.07. The highest BCUT2D eigenvalue weighted by Crippen LogP contribution is 2.22. The van der Waals surface area contributed by atoms with Crippen LogP contribution in [0.4, 0.5) is 4.39 Å². The minimum atomic E-state index is -0.471. The van der Waals surface area contributed by atoms with Gasteiger partial charge < -0.3 is 0 Å². The van der Waals surface area contributed by atoms with E-state index in [0.29, 0.717) is 10.9 Å². The number of hydrogen-bond donors (Lipinski definition) is 0. The quantitative estimate of drug-likeness (QED) is 0.829. The van der Waals surface area contributed by atoms with Gasteiger partial charge in [0.25, 0.3) is 0 Å². The van der Waals surface area contributed by atoms with E-state index in [4.69, 9.17) is 0 Å². The molecule has 0 N–H and O–H groups in total. The van der Waals surface area contributed by atoms with Gasteiger partial charge in [-0.25, -0.2) is 4.39 Å². The molecule has 1 rings (SSSR count). The van der Waals surface area contributed by atoms with E-state index in [0.717, 1.165) is 12.0 Å². The Kier molecular flexibility index (Phi) is 5.05. The smallest absolute Gasteiger partial charge is 0.157 e. The van der Waals surface area contributed by atoms with Gasteiger partial charge in [-0.3, -0.25) is 9.69 Å². The van der Waals surface area contributed by atoms with Crippen LogP contribution in [0.15, 0.2) is 22.7 Å². The summed E-state index contributed by atoms with van der Waals surface area (Å²) in [7, 11) is 3.81. The van der Waals surface area contributed by atoms with Crippen LogP contribution in [-0.2, 0) is 11.2 Å². The second-order valence-corrected chi connectivity index (χ2v) is 5.72. The first-order chi connectivity index (χ1) is 8.31. The number of likely N-dealkylation sites (N-methyl/N-ethyl adjacent to an activating group) is 1. The predicted octanol–water partition coefficient (Wildman–Crippen LogP) is 3.43. The van der Waals surface area contributed by atoms with Gasteiger partial charge in [-0.05, 0) is 61.1 Å². The molecule has 0 radical (unpaired) electrons. The van der Waals surface area contributed by atoms with Crippen LogP contribution < -0.4 is 0 Å². The standard InChI is InChI=1S/C14H19BrFNO/c1-5-14(2,17(3)4)13(18)9-10-6-7-12(16)11(15)8-10/h6-8H,5,9H2,1-4H3. The van der Waals surface area contributed by atoms with Crippen molar-refractivity contribution in [2.45, 2.75) is 32.2 Å². The molecule has 0 aliphatic rings. The van der Waals surface area contributed by atoms with Crippen molar-refractivity contribution in [1.29, 1.82) is 0 Å². The van der Waals surface area contributed by atoms with Gasteiger partial charge in [-0.1, -0.05) is 13.0 Å². The second kappa shape index (κ2) is 5.93. The van der Waals surface area contributed by atoms with Gasteiger partial charge in [0.05, 0.1) is 10.0 Å². The summed E-state index contributed by atoms with van der Waals surface area (Å²) >= 11 is 3.14. The SMILES string of the molecule is CCC(C)(C(=O)Cc1ccc(F)c(Br)c1)N(C)C. The minimum absolute atomic E-state index is 0.147. The highest BCUT2D eigenvalue weighted by molar-refractivity contribution is 9.10. The molecule has 1 aromatic rings. The lowest BCUT2D eigenvalue weighted by Gasteiger charge is -2.34. The molecule has 1 aromatic carbocycles. The largest absolute Gasteiger partial charge is 0.297 e. The zero-order chi connectivity index (χ0) is 13.9. The molecule has 0 aliphatic heterocycles. The minimum Gasteiger partial charge on any atom is -0.297 e. The normalized spacial score (nSPS) is 14.6. The monoisotopic (exact) mass is 315 g/mol. The van der Waals surface area contributed by atoms with Crippen molar-refractivity contribution in [3.05, 3.63) is 34.1 Å². The molecule has 0 aliphatic carbocycles. The van der Waals surface area contributed by atoms with Crippen molar-refractivity contribution < 1.29 is 9.18 Å². The van der Waals surface area contributed by atoms with Crippen LogP contribution in [-0.4, -0.2) is 30.3 Å². The number of hydrogen-bond acceptors (Lipinski definition) is 2. The molecule has 0 fully saturated rings. The van der Waals surface area contributed by atoms with Crippen molar-refractivity contribution in [3.63, 3.8) is 0 Å². The third-order valence-electron chi connectivity index (χ3n) is 3.62. The second-order valence-electron chi connectivity index (χ2n) is 4.87. The fourth-order valence-electron chi connectivity index (χ4n) is 1.79. The van der Waals surface area contributed by atoms with Crippen molar-refractivity contribution >= 4 is 21.7 Å². The first kappa shape index (κ1) is 15.3. The molecule has 1 atom stereocenters. The maximum atomic E-state index is 13.1. The first-order valence-corrected chi connectivity index (χ1v) is 6.75. The number of ketones is 1. The van der Waals surface area contributed by atoms with Gasteiger partial charge in [-0.2, -0.15) is 0 Å². The van der Waals surface area contributed by atoms with Crippen LogP contribution in [0.1, 0.15) is 25.8 Å². The summed E-state index contributed by atoms with van der Waals surface area (Å²) in [6.45, 7) is 3.94. The van der Waals surface area contributed by atoms with Crippen LogP contribution in [0, 0.1) is 5.82 Å². The highest BCUT2D eigenvalue weighted by atomic mass is 79.9. The summed E-state index contributed by atoms with van der Waals surface area (Å²) in [5.74, 6) is -0.162. The van der Waals surface area contributed by atoms with Gasteiger partial charge in [0.15, 0.2) is 5.78 Å². The van der Waals surface area contributed by atoms with Crippen molar-refractivity contribution in [2.75, 3.05) is 14.1 Å². The van der Waals surface area contributed by atoms with E-state index in [9.17, 15) is 9.18 Å². The summed E-state index contributed by atoms with van der Waals surface area (Å²) in [5, 5.41) is 0. The zero-order valence-electron chi connectivity index (χ0n) is 11.3. The van der Waals surface area contributed by atoms with Gasteiger partial charge >= 0.3 is 0 Å². The summed E-state index contributed by atoms with van der Waals surface area (Å²) in [5.41, 5.74) is 0.357. The van der Waals surface area contributed by atoms with Crippen LogP contribution in [0.3, 0.4) is 0 Å². The molecule has 0 bridgehead atoms. The Balaban J connectivity index is 2.90. The number of rotatable bonds is 5. The Morgan fingerprint density at radius 3 is 2.50 bits per heavy atom. The fourth-order valence-corrected chi connectivity index (χ4v) is 2.21. The van der Waals surface area contributed by atoms with Crippen molar-refractivity contribution in [1.82, 2.24) is 4.90 Å². The molecule has 0 amide bonds. The summed E-state index contributed by atoms with van der Waals surface area (Å²) < 4.78 is 13.5. The summed E-state index contributed by atoms with van der Waals surface area (Å²) in [4.78, 5) is 14.3. The van der Waals surface area contributed by atoms with Crippen molar-refractivity contribution in [2.24, 2.45) is 0 Å². The van der Waals surface area contributed by atoms with E-state index in [1.165, 1.54) is 6.07 Å². The summed E-state index contributed by atoms with van der Waals surface area (Å²) in [6, 6.07) is 4.70. The molecule has 0 saturated heterocycles. The Morgan fingerprint density at radius 1 is 1.44 bits per heavy atom. The lowest BCUT2D eigenvalue weighted by molar-refractivity contribution is -0.128. The topological polar surface area (TPSA) is 20.3 Å². The van der Waals surface area contributed by atoms with Gasteiger partial charge in [0, 0.05) is 6.42 Å². The first-order valence-electron chi connectivity index (χ1n) is 5.96. The van der Waals surface area contributed by atoms with Crippen LogP contribution in [0.25, 0.3) is 0 Å². The third-order valence-corrected chi connectivity index (χ3v) is 4.23. The Bertz CT molecular complexity index is 447. The fraction of sp³-hybridized carbons (Fsp3) is 0.500. The molecule has 1 unspecified atom stereocenters. The lowest BCUT2D eigenvalue weighted by atomic mass is 9.88. The molecule has 18 heavy (non-hydrogen) atoms. The number of halogens is 2. The van der Waals surface area contributed by atoms with E-state index >= 15 is 0 Å². The number of Topliss-reactive ketones (excluding diaryl/α,β-unsaturated/α-hetero) is 1. The van der Waals surface area contributed by atoms with E-state index in [1.54, 1.807) is 12.1 Å². The zero-order valence-corrected chi connectivity index (χ0v) is 12.8. The molecular weight excluding hydrogens is 297 g/mol. The molecule has 0 spiro atoms. The average molecular weight is 316 g/mol. The van der Waals surface area contributed by atoms with Crippen LogP contribution in [0.5, 0.6) is 0 Å². The van der Waals surface area contributed by atoms with Crippen LogP contribution in [0.2, 0.25) is 0 Å². The van der Waals surface area contributed by atoms with E-state index in [2.05, 4.69) is 15.9 Å². The number of carbonyl (C=O) groups is 1.